The molecule has 6 heteroatoms. The molecule has 0 aromatic heterocycles. The number of rotatable bonds is 2. The third kappa shape index (κ3) is 2.93. The smallest absolute Gasteiger partial charge is 0.269 e. The first kappa shape index (κ1) is 16.9. The second-order valence-corrected chi connectivity index (χ2v) is 7.09. The van der Waals surface area contributed by atoms with Crippen molar-refractivity contribution in [3.05, 3.63) is 52.3 Å². The van der Waals surface area contributed by atoms with Crippen LogP contribution in [0.2, 0.25) is 0 Å². The van der Waals surface area contributed by atoms with E-state index in [1.165, 1.54) is 0 Å². The van der Waals surface area contributed by atoms with Gasteiger partial charge in [-0.3, -0.25) is 0 Å². The van der Waals surface area contributed by atoms with Gasteiger partial charge in [-0.15, -0.1) is 0 Å². The van der Waals surface area contributed by atoms with E-state index in [2.05, 4.69) is 20.7 Å². The highest BCUT2D eigenvalue weighted by Gasteiger charge is 2.21. The van der Waals surface area contributed by atoms with E-state index in [1.807, 2.05) is 52.5 Å². The maximum absolute atomic E-state index is 9.11. The van der Waals surface area contributed by atoms with Crippen molar-refractivity contribution < 1.29 is 0 Å². The molecule has 0 aliphatic carbocycles. The minimum absolute atomic E-state index is 0.101. The molecule has 2 aromatic carbocycles. The maximum atomic E-state index is 9.11. The molecule has 1 aliphatic rings. The van der Waals surface area contributed by atoms with E-state index in [4.69, 9.17) is 16.8 Å². The van der Waals surface area contributed by atoms with E-state index in [0.717, 1.165) is 32.2 Å². The Balaban J connectivity index is 2.27. The van der Waals surface area contributed by atoms with Gasteiger partial charge in [-0.05, 0) is 29.5 Å². The predicted octanol–water partition coefficient (Wildman–Crippen LogP) is 2.79. The van der Waals surface area contributed by atoms with Crippen molar-refractivity contribution in [2.75, 3.05) is 38.0 Å². The quantitative estimate of drug-likeness (QED) is 0.669. The molecule has 0 N–H and O–H groups in total. The minimum atomic E-state index is 0.101. The molecule has 0 atom stereocenters. The summed E-state index contributed by atoms with van der Waals surface area (Å²) in [7, 11) is 8.09. The molecule has 0 saturated carbocycles. The van der Waals surface area contributed by atoms with Crippen LogP contribution in [0.3, 0.4) is 0 Å². The van der Waals surface area contributed by atoms with Crippen LogP contribution in [-0.2, 0) is 0 Å². The average Bonchev–Trinajstić information content (AvgIpc) is 2.59. The Bertz CT molecular complexity index is 1040. The molecule has 1 heterocycles. The molecule has 0 fully saturated rings. The first-order chi connectivity index (χ1) is 12.0. The predicted molar refractivity (Wildman–Crippen MR) is 102 cm³/mol. The van der Waals surface area contributed by atoms with Crippen molar-refractivity contribution in [1.29, 1.82) is 5.26 Å². The number of nitriles is 1. The Kier molecular flexibility index (Phi) is 4.39. The summed E-state index contributed by atoms with van der Waals surface area (Å²) in [6, 6.07) is 11.6. The molecular weight excluding hydrogens is 330 g/mol. The molecule has 25 heavy (non-hydrogen) atoms. The van der Waals surface area contributed by atoms with Crippen molar-refractivity contribution in [1.82, 2.24) is 0 Å². The summed E-state index contributed by atoms with van der Waals surface area (Å²) in [5.41, 5.74) is 3.27. The molecule has 0 amide bonds. The lowest BCUT2D eigenvalue weighted by molar-refractivity contribution is 1.04. The van der Waals surface area contributed by atoms with Crippen LogP contribution in [0.5, 0.6) is 0 Å². The van der Waals surface area contributed by atoms with Crippen LogP contribution in [0.15, 0.2) is 45.1 Å². The summed E-state index contributed by atoms with van der Waals surface area (Å²) in [6.07, 6.45) is 0. The van der Waals surface area contributed by atoms with Gasteiger partial charge in [0, 0.05) is 33.1 Å². The van der Waals surface area contributed by atoms with Crippen molar-refractivity contribution in [3.63, 3.8) is 0 Å². The van der Waals surface area contributed by atoms with Crippen molar-refractivity contribution >= 4 is 34.5 Å². The monoisotopic (exact) mass is 347 g/mol. The third-order valence-corrected chi connectivity index (χ3v) is 5.08. The second kappa shape index (κ2) is 6.51. The number of hydrogen-bond acceptors (Lipinski definition) is 5. The fourth-order valence-corrected chi connectivity index (χ4v) is 3.99. The summed E-state index contributed by atoms with van der Waals surface area (Å²) < 4.78 is 0. The Morgan fingerprint density at radius 3 is 2.52 bits per heavy atom. The molecule has 2 aromatic rings. The summed E-state index contributed by atoms with van der Waals surface area (Å²) in [4.78, 5) is 14.3. The number of nitrogens with zero attached hydrogens (tertiary/aromatic N) is 5. The molecule has 124 valence electrons. The van der Waals surface area contributed by atoms with Crippen LogP contribution in [-0.4, -0.2) is 28.2 Å². The summed E-state index contributed by atoms with van der Waals surface area (Å²) >= 11 is 1.63. The van der Waals surface area contributed by atoms with Gasteiger partial charge < -0.3 is 9.80 Å². The van der Waals surface area contributed by atoms with Gasteiger partial charge in [0.05, 0.1) is 40.0 Å². The third-order valence-electron chi connectivity index (χ3n) is 3.92. The molecule has 0 spiro atoms. The SMILES string of the molecule is [C-]#[N+]/C(C#N)=c1\ccc2c(c1)Sc1c(ccc(N(C)C)c1N(C)C)N=2. The minimum Gasteiger partial charge on any atom is -0.376 e. The van der Waals surface area contributed by atoms with Gasteiger partial charge in [0.1, 0.15) is 0 Å². The van der Waals surface area contributed by atoms with E-state index in [-0.39, 0.29) is 5.70 Å². The fourth-order valence-electron chi connectivity index (χ4n) is 2.76. The summed E-state index contributed by atoms with van der Waals surface area (Å²) in [5.74, 6) is 0. The lowest BCUT2D eigenvalue weighted by Gasteiger charge is -2.27. The van der Waals surface area contributed by atoms with Gasteiger partial charge in [0.25, 0.3) is 5.70 Å². The van der Waals surface area contributed by atoms with Crippen LogP contribution < -0.4 is 20.4 Å². The highest BCUT2D eigenvalue weighted by atomic mass is 32.2. The van der Waals surface area contributed by atoms with Crippen LogP contribution >= 0.6 is 11.8 Å². The van der Waals surface area contributed by atoms with E-state index in [0.29, 0.717) is 5.22 Å². The molecule has 5 nitrogen and oxygen atoms in total. The van der Waals surface area contributed by atoms with E-state index in [1.54, 1.807) is 17.8 Å². The standard InChI is InChI=1S/C19H17N5S/c1-21-15(11-20)12-6-7-13-17(10-12)25-19-14(22-13)8-9-16(23(2)3)18(19)24(4)5/h6-10H,2-5H3/b15-12+. The van der Waals surface area contributed by atoms with Gasteiger partial charge in [-0.1, -0.05) is 17.8 Å². The topological polar surface area (TPSA) is 47.0 Å². The number of fused-ring (bicyclic) bond motifs is 2. The van der Waals surface area contributed by atoms with Crippen molar-refractivity contribution in [2.45, 2.75) is 9.79 Å². The zero-order chi connectivity index (χ0) is 18.1. The number of anilines is 2. The van der Waals surface area contributed by atoms with E-state index >= 15 is 0 Å². The zero-order valence-electron chi connectivity index (χ0n) is 14.5. The van der Waals surface area contributed by atoms with Gasteiger partial charge in [-0.2, -0.15) is 0 Å². The lowest BCUT2D eigenvalue weighted by atomic mass is 10.2. The Hall–Kier alpha value is -2.96. The van der Waals surface area contributed by atoms with Gasteiger partial charge >= 0.3 is 0 Å². The second-order valence-electron chi connectivity index (χ2n) is 6.04. The molecule has 1 aliphatic heterocycles. The van der Waals surface area contributed by atoms with E-state index < -0.39 is 0 Å². The van der Waals surface area contributed by atoms with Crippen LogP contribution in [0.4, 0.5) is 17.1 Å². The normalized spacial score (nSPS) is 12.7. The Morgan fingerprint density at radius 2 is 1.92 bits per heavy atom. The molecule has 3 rings (SSSR count). The molecule has 0 radical (unpaired) electrons. The first-order valence-corrected chi connectivity index (χ1v) is 8.48. The zero-order valence-corrected chi connectivity index (χ0v) is 15.3. The Labute approximate surface area is 151 Å². The van der Waals surface area contributed by atoms with E-state index in [9.17, 15) is 0 Å². The van der Waals surface area contributed by atoms with Crippen LogP contribution in [0, 0.1) is 17.9 Å². The molecule has 0 unspecified atom stereocenters. The molecular formula is C19H17N5S. The highest BCUT2D eigenvalue weighted by molar-refractivity contribution is 7.99. The summed E-state index contributed by atoms with van der Waals surface area (Å²) in [6.45, 7) is 7.14. The fraction of sp³-hybridized carbons (Fsp3) is 0.211. The number of benzene rings is 2. The Morgan fingerprint density at radius 1 is 1.16 bits per heavy atom. The van der Waals surface area contributed by atoms with Crippen LogP contribution in [0.25, 0.3) is 10.5 Å². The van der Waals surface area contributed by atoms with Crippen molar-refractivity contribution in [3.8, 4) is 6.07 Å². The highest BCUT2D eigenvalue weighted by Crippen LogP contribution is 2.46. The van der Waals surface area contributed by atoms with Crippen LogP contribution in [0.1, 0.15) is 0 Å². The summed E-state index contributed by atoms with van der Waals surface area (Å²) in [5, 5.41) is 10.6. The molecule has 0 saturated heterocycles. The van der Waals surface area contributed by atoms with Gasteiger partial charge in [-0.25, -0.2) is 15.1 Å². The first-order valence-electron chi connectivity index (χ1n) is 7.66. The van der Waals surface area contributed by atoms with Gasteiger partial charge in [0.2, 0.25) is 0 Å². The van der Waals surface area contributed by atoms with Gasteiger partial charge in [0.15, 0.2) is 0 Å². The number of hydrogen-bond donors (Lipinski definition) is 0. The lowest BCUT2D eigenvalue weighted by Crippen LogP contribution is -2.19. The molecule has 0 bridgehead atoms. The van der Waals surface area contributed by atoms with Crippen molar-refractivity contribution in [2.24, 2.45) is 4.99 Å². The maximum Gasteiger partial charge on any atom is 0.269 e. The largest absolute Gasteiger partial charge is 0.376 e. The average molecular weight is 347 g/mol.